The number of nitrogens with one attached hydrogen (secondary N) is 2. The summed E-state index contributed by atoms with van der Waals surface area (Å²) in [6, 6.07) is 1.70. The first-order chi connectivity index (χ1) is 18.0. The summed E-state index contributed by atoms with van der Waals surface area (Å²) >= 11 is 6.15. The lowest BCUT2D eigenvalue weighted by Gasteiger charge is -2.39. The molecule has 2 aliphatic carbocycles. The van der Waals surface area contributed by atoms with Crippen molar-refractivity contribution in [3.05, 3.63) is 35.0 Å². The summed E-state index contributed by atoms with van der Waals surface area (Å²) in [5.74, 6) is -1.46. The number of hydrogen-bond acceptors (Lipinski definition) is 7. The van der Waals surface area contributed by atoms with Gasteiger partial charge in [0.25, 0.3) is 0 Å². The van der Waals surface area contributed by atoms with Gasteiger partial charge < -0.3 is 21.5 Å². The number of nitrogens with two attached hydrogens (primary N) is 1. The van der Waals surface area contributed by atoms with Crippen molar-refractivity contribution in [1.82, 2.24) is 19.5 Å². The molecule has 0 radical (unpaired) electrons. The van der Waals surface area contributed by atoms with Crippen LogP contribution in [0.15, 0.2) is 18.3 Å². The van der Waals surface area contributed by atoms with Gasteiger partial charge in [0.1, 0.15) is 11.3 Å². The minimum atomic E-state index is -0.849. The number of fused-ring (bicyclic) bond motifs is 1. The lowest BCUT2D eigenvalue weighted by molar-refractivity contribution is -0.122. The van der Waals surface area contributed by atoms with E-state index in [2.05, 4.69) is 34.4 Å². The topological polar surface area (TPSA) is 131 Å². The lowest BCUT2D eigenvalue weighted by atomic mass is 9.73. The Morgan fingerprint density at radius 2 is 1.92 bits per heavy atom. The monoisotopic (exact) mass is 547 g/mol. The number of nitrogens with zero attached hydrogens (tertiary/aromatic N) is 4. The van der Waals surface area contributed by atoms with Crippen LogP contribution in [0.5, 0.6) is 0 Å². The van der Waals surface area contributed by atoms with Crippen molar-refractivity contribution in [1.29, 1.82) is 0 Å². The maximum absolute atomic E-state index is 14.6. The van der Waals surface area contributed by atoms with Gasteiger partial charge >= 0.3 is 0 Å². The molecule has 2 aromatic heterocycles. The predicted molar refractivity (Wildman–Crippen MR) is 141 cm³/mol. The van der Waals surface area contributed by atoms with Gasteiger partial charge in [0.05, 0.1) is 23.0 Å². The largest absolute Gasteiger partial charge is 0.392 e. The van der Waals surface area contributed by atoms with Crippen LogP contribution in [0, 0.1) is 23.0 Å². The molecule has 2 saturated carbocycles. The van der Waals surface area contributed by atoms with Gasteiger partial charge in [-0.15, -0.1) is 0 Å². The second-order valence-corrected chi connectivity index (χ2v) is 11.5. The molecule has 1 amide bonds. The number of aromatic nitrogens is 4. The molecule has 0 saturated heterocycles. The summed E-state index contributed by atoms with van der Waals surface area (Å²) in [6.07, 6.45) is 5.98. The molecule has 12 heteroatoms. The number of aliphatic hydroxyl groups is 1. The standard InChI is InChI=1S/C26H32ClF2N7O2/c1-26(2)8-7-15(11-20(26)37)32-24-31-12-19-23(35-24)36(16-5-3-13(4-6-16)22(30)38)25(33-19)34-21-17(27)9-14(28)10-18(21)29/h9-10,12-13,15-16,20,37H,3-8,11H2,1-2H3,(H2,30,38)(H,33,34)(H,31,32,35)/t13-,15-,16+,20-/m1/s1. The number of carbonyl (C=O) groups excluding carboxylic acids is 1. The molecule has 3 aromatic rings. The summed E-state index contributed by atoms with van der Waals surface area (Å²) in [4.78, 5) is 25.5. The molecule has 0 bridgehead atoms. The highest BCUT2D eigenvalue weighted by Gasteiger charge is 2.35. The maximum atomic E-state index is 14.6. The second kappa shape index (κ2) is 10.3. The molecule has 2 fully saturated rings. The van der Waals surface area contributed by atoms with E-state index in [-0.39, 0.29) is 46.0 Å². The average Bonchev–Trinajstić information content (AvgIpc) is 3.21. The molecule has 2 atom stereocenters. The second-order valence-electron chi connectivity index (χ2n) is 11.1. The van der Waals surface area contributed by atoms with E-state index in [4.69, 9.17) is 22.3 Å². The number of benzene rings is 1. The molecule has 204 valence electrons. The van der Waals surface area contributed by atoms with Gasteiger partial charge in [-0.1, -0.05) is 25.4 Å². The Kier molecular flexibility index (Phi) is 7.17. The molecular weight excluding hydrogens is 516 g/mol. The Balaban J connectivity index is 1.49. The molecular formula is C26H32ClF2N7O2. The minimum absolute atomic E-state index is 0.0163. The summed E-state index contributed by atoms with van der Waals surface area (Å²) < 4.78 is 30.2. The van der Waals surface area contributed by atoms with E-state index < -0.39 is 17.7 Å². The minimum Gasteiger partial charge on any atom is -0.392 e. The number of primary amides is 1. The van der Waals surface area contributed by atoms with E-state index >= 15 is 0 Å². The molecule has 2 aliphatic rings. The van der Waals surface area contributed by atoms with E-state index in [1.807, 2.05) is 4.57 Å². The van der Waals surface area contributed by atoms with Crippen molar-refractivity contribution in [2.45, 2.75) is 77.0 Å². The highest BCUT2D eigenvalue weighted by atomic mass is 35.5. The van der Waals surface area contributed by atoms with Gasteiger partial charge in [0.15, 0.2) is 11.5 Å². The fraction of sp³-hybridized carbons (Fsp3) is 0.538. The van der Waals surface area contributed by atoms with Crippen molar-refractivity contribution < 1.29 is 18.7 Å². The van der Waals surface area contributed by atoms with E-state index in [1.165, 1.54) is 0 Å². The van der Waals surface area contributed by atoms with Crippen LogP contribution in [-0.4, -0.2) is 42.7 Å². The SMILES string of the molecule is CC1(C)CC[C@@H](Nc2ncc3nc(Nc4c(F)cc(F)cc4Cl)n([C@H]4CC[C@@H](C(N)=O)CC4)c3n2)C[C@H]1O. The zero-order valence-electron chi connectivity index (χ0n) is 21.3. The Bertz CT molecular complexity index is 1330. The molecule has 0 spiro atoms. The predicted octanol–water partition coefficient (Wildman–Crippen LogP) is 5.07. The van der Waals surface area contributed by atoms with E-state index in [0.29, 0.717) is 49.2 Å². The summed E-state index contributed by atoms with van der Waals surface area (Å²) in [5.41, 5.74) is 6.31. The average molecular weight is 548 g/mol. The van der Waals surface area contributed by atoms with Crippen molar-refractivity contribution >= 4 is 46.3 Å². The van der Waals surface area contributed by atoms with Crippen molar-refractivity contribution in [3.63, 3.8) is 0 Å². The Labute approximate surface area is 224 Å². The number of hydrogen-bond donors (Lipinski definition) is 4. The first-order valence-electron chi connectivity index (χ1n) is 12.9. The highest BCUT2D eigenvalue weighted by Crippen LogP contribution is 2.39. The maximum Gasteiger partial charge on any atom is 0.224 e. The first-order valence-corrected chi connectivity index (χ1v) is 13.3. The molecule has 0 unspecified atom stereocenters. The van der Waals surface area contributed by atoms with E-state index in [9.17, 15) is 18.7 Å². The van der Waals surface area contributed by atoms with Crippen LogP contribution in [0.1, 0.15) is 64.8 Å². The Hall–Kier alpha value is -3.05. The summed E-state index contributed by atoms with van der Waals surface area (Å²) in [6.45, 7) is 4.12. The molecule has 2 heterocycles. The van der Waals surface area contributed by atoms with Crippen LogP contribution in [0.4, 0.5) is 26.4 Å². The molecule has 9 nitrogen and oxygen atoms in total. The zero-order valence-corrected chi connectivity index (χ0v) is 22.1. The molecule has 5 N–H and O–H groups in total. The van der Waals surface area contributed by atoms with Crippen molar-refractivity contribution in [2.75, 3.05) is 10.6 Å². The fourth-order valence-corrected chi connectivity index (χ4v) is 5.76. The fourth-order valence-electron chi connectivity index (χ4n) is 5.52. The molecule has 5 rings (SSSR count). The quantitative estimate of drug-likeness (QED) is 0.339. The number of imidazole rings is 1. The Morgan fingerprint density at radius 3 is 2.58 bits per heavy atom. The lowest BCUT2D eigenvalue weighted by Crippen LogP contribution is -2.41. The third kappa shape index (κ3) is 5.26. The van der Waals surface area contributed by atoms with Gasteiger partial charge in [-0.25, -0.2) is 18.7 Å². The number of carbonyl (C=O) groups is 1. The van der Waals surface area contributed by atoms with Gasteiger partial charge in [-0.05, 0) is 56.4 Å². The van der Waals surface area contributed by atoms with E-state index in [0.717, 1.165) is 25.0 Å². The summed E-state index contributed by atoms with van der Waals surface area (Å²) in [5, 5.41) is 16.7. The van der Waals surface area contributed by atoms with Gasteiger partial charge in [-0.3, -0.25) is 9.36 Å². The number of amides is 1. The number of anilines is 3. The van der Waals surface area contributed by atoms with Crippen molar-refractivity contribution in [2.24, 2.45) is 17.1 Å². The van der Waals surface area contributed by atoms with Crippen molar-refractivity contribution in [3.8, 4) is 0 Å². The smallest absolute Gasteiger partial charge is 0.224 e. The van der Waals surface area contributed by atoms with Crippen LogP contribution in [0.3, 0.4) is 0 Å². The number of aliphatic hydroxyl groups excluding tert-OH is 1. The van der Waals surface area contributed by atoms with Crippen LogP contribution in [-0.2, 0) is 4.79 Å². The molecule has 1 aromatic carbocycles. The molecule has 0 aliphatic heterocycles. The number of halogens is 3. The highest BCUT2D eigenvalue weighted by molar-refractivity contribution is 6.33. The Morgan fingerprint density at radius 1 is 1.18 bits per heavy atom. The molecule has 38 heavy (non-hydrogen) atoms. The third-order valence-electron chi connectivity index (χ3n) is 8.02. The first kappa shape index (κ1) is 26.6. The zero-order chi connectivity index (χ0) is 27.2. The number of rotatable bonds is 6. The van der Waals surface area contributed by atoms with Gasteiger partial charge in [0.2, 0.25) is 17.8 Å². The van der Waals surface area contributed by atoms with Gasteiger partial charge in [-0.2, -0.15) is 4.98 Å². The normalized spacial score (nSPS) is 25.3. The van der Waals surface area contributed by atoms with Crippen LogP contribution < -0.4 is 16.4 Å². The van der Waals surface area contributed by atoms with E-state index in [1.54, 1.807) is 6.20 Å². The van der Waals surface area contributed by atoms with Gasteiger partial charge in [0, 0.05) is 24.1 Å². The van der Waals surface area contributed by atoms with Crippen LogP contribution in [0.2, 0.25) is 5.02 Å². The third-order valence-corrected chi connectivity index (χ3v) is 8.32. The van der Waals surface area contributed by atoms with Crippen LogP contribution >= 0.6 is 11.6 Å². The van der Waals surface area contributed by atoms with Crippen LogP contribution in [0.25, 0.3) is 11.2 Å². The summed E-state index contributed by atoms with van der Waals surface area (Å²) in [7, 11) is 0.